The van der Waals surface area contributed by atoms with Crippen molar-refractivity contribution in [2.45, 2.75) is 284 Å². The molecule has 0 amide bonds. The zero-order valence-electron chi connectivity index (χ0n) is 47.6. The molecule has 0 aliphatic carbocycles. The fraction of sp³-hybridized carbons (Fsp3) is 0.687. The van der Waals surface area contributed by atoms with E-state index in [0.29, 0.717) is 19.3 Å². The molecule has 0 fully saturated rings. The van der Waals surface area contributed by atoms with Crippen LogP contribution in [0.25, 0.3) is 0 Å². The topological polar surface area (TPSA) is 78.9 Å². The summed E-state index contributed by atoms with van der Waals surface area (Å²) in [6.45, 7) is 6.53. The van der Waals surface area contributed by atoms with Crippen molar-refractivity contribution in [2.75, 3.05) is 13.2 Å². The Balaban J connectivity index is 4.49. The largest absolute Gasteiger partial charge is 0.462 e. The van der Waals surface area contributed by atoms with Gasteiger partial charge in [0.15, 0.2) is 6.10 Å². The number of rotatable bonds is 54. The number of allylic oxidation sites excluding steroid dienone is 18. The zero-order chi connectivity index (χ0) is 52.9. The number of hydrogen-bond acceptors (Lipinski definition) is 6. The highest BCUT2D eigenvalue weighted by molar-refractivity contribution is 5.71. The molecule has 416 valence electrons. The minimum Gasteiger partial charge on any atom is -0.462 e. The molecule has 6 heteroatoms. The maximum atomic E-state index is 12.9. The van der Waals surface area contributed by atoms with Crippen molar-refractivity contribution in [3.63, 3.8) is 0 Å². The molecule has 0 N–H and O–H groups in total. The van der Waals surface area contributed by atoms with Gasteiger partial charge < -0.3 is 14.2 Å². The number of carbonyl (C=O) groups is 3. The van der Waals surface area contributed by atoms with Crippen LogP contribution in [0.1, 0.15) is 278 Å². The van der Waals surface area contributed by atoms with Gasteiger partial charge in [0.05, 0.1) is 0 Å². The SMILES string of the molecule is CCCCC\C=C/C=C\C=C/C=C\CCCCCCCC(=O)OC(COC(=O)CCCCCCC\C=C/C=C\C=C/CCCCCCC)COC(=O)CCCCCCCCCCCC/C=C\C=C/CCCCC. The maximum Gasteiger partial charge on any atom is 0.306 e. The van der Waals surface area contributed by atoms with Crippen LogP contribution < -0.4 is 0 Å². The molecule has 0 aliphatic rings. The average molecular weight is 1010 g/mol. The van der Waals surface area contributed by atoms with Gasteiger partial charge in [0.1, 0.15) is 13.2 Å². The van der Waals surface area contributed by atoms with E-state index >= 15 is 0 Å². The zero-order valence-corrected chi connectivity index (χ0v) is 47.6. The molecule has 0 aliphatic heterocycles. The van der Waals surface area contributed by atoms with Crippen molar-refractivity contribution < 1.29 is 28.6 Å². The predicted octanol–water partition coefficient (Wildman–Crippen LogP) is 20.7. The molecule has 1 unspecified atom stereocenters. The van der Waals surface area contributed by atoms with E-state index in [0.717, 1.165) is 109 Å². The normalized spacial score (nSPS) is 12.9. The second-order valence-corrected chi connectivity index (χ2v) is 20.1. The molecule has 73 heavy (non-hydrogen) atoms. The molecule has 1 atom stereocenters. The van der Waals surface area contributed by atoms with Crippen LogP contribution in [-0.2, 0) is 28.6 Å². The van der Waals surface area contributed by atoms with Crippen LogP contribution in [-0.4, -0.2) is 37.2 Å². The lowest BCUT2D eigenvalue weighted by molar-refractivity contribution is -0.167. The molecular formula is C67H112O6. The van der Waals surface area contributed by atoms with Gasteiger partial charge in [0.2, 0.25) is 0 Å². The van der Waals surface area contributed by atoms with Crippen molar-refractivity contribution in [3.8, 4) is 0 Å². The molecule has 0 aromatic heterocycles. The van der Waals surface area contributed by atoms with Crippen LogP contribution in [0, 0.1) is 0 Å². The van der Waals surface area contributed by atoms with Crippen LogP contribution in [0.5, 0.6) is 0 Å². The van der Waals surface area contributed by atoms with Crippen molar-refractivity contribution in [1.29, 1.82) is 0 Å². The summed E-state index contributed by atoms with van der Waals surface area (Å²) >= 11 is 0. The second-order valence-electron chi connectivity index (χ2n) is 20.1. The van der Waals surface area contributed by atoms with Gasteiger partial charge in [-0.15, -0.1) is 0 Å². The second kappa shape index (κ2) is 60.6. The molecular weight excluding hydrogens is 901 g/mol. The van der Waals surface area contributed by atoms with Crippen LogP contribution in [0.2, 0.25) is 0 Å². The van der Waals surface area contributed by atoms with Gasteiger partial charge in [-0.05, 0) is 96.3 Å². The van der Waals surface area contributed by atoms with E-state index in [9.17, 15) is 14.4 Å². The fourth-order valence-corrected chi connectivity index (χ4v) is 8.27. The average Bonchev–Trinajstić information content (AvgIpc) is 3.39. The van der Waals surface area contributed by atoms with Crippen LogP contribution in [0.4, 0.5) is 0 Å². The molecule has 0 aromatic rings. The summed E-state index contributed by atoms with van der Waals surface area (Å²) in [7, 11) is 0. The number of unbranched alkanes of at least 4 members (excludes halogenated alkanes) is 31. The van der Waals surface area contributed by atoms with Crippen LogP contribution in [0.15, 0.2) is 109 Å². The molecule has 0 saturated heterocycles. The van der Waals surface area contributed by atoms with Crippen LogP contribution >= 0.6 is 0 Å². The first-order chi connectivity index (χ1) is 36.0. The molecule has 6 nitrogen and oxygen atoms in total. The van der Waals surface area contributed by atoms with Crippen LogP contribution in [0.3, 0.4) is 0 Å². The monoisotopic (exact) mass is 1010 g/mol. The highest BCUT2D eigenvalue weighted by Crippen LogP contribution is 2.15. The van der Waals surface area contributed by atoms with Gasteiger partial charge in [-0.25, -0.2) is 0 Å². The summed E-state index contributed by atoms with van der Waals surface area (Å²) in [5.41, 5.74) is 0. The first-order valence-electron chi connectivity index (χ1n) is 30.5. The lowest BCUT2D eigenvalue weighted by Gasteiger charge is -2.18. The van der Waals surface area contributed by atoms with E-state index in [1.165, 1.54) is 128 Å². The van der Waals surface area contributed by atoms with E-state index in [1.54, 1.807) is 0 Å². The molecule has 0 rings (SSSR count). The quantitative estimate of drug-likeness (QED) is 0.0261. The van der Waals surface area contributed by atoms with Crippen molar-refractivity contribution in [3.05, 3.63) is 109 Å². The molecule has 0 radical (unpaired) electrons. The van der Waals surface area contributed by atoms with E-state index in [1.807, 2.05) is 0 Å². The van der Waals surface area contributed by atoms with E-state index in [2.05, 4.69) is 130 Å². The minimum absolute atomic E-state index is 0.0976. The third-order valence-corrected chi connectivity index (χ3v) is 12.9. The molecule has 0 spiro atoms. The predicted molar refractivity (Wildman–Crippen MR) is 316 cm³/mol. The highest BCUT2D eigenvalue weighted by atomic mass is 16.6. The van der Waals surface area contributed by atoms with E-state index in [-0.39, 0.29) is 31.1 Å². The maximum absolute atomic E-state index is 12.9. The van der Waals surface area contributed by atoms with E-state index in [4.69, 9.17) is 14.2 Å². The standard InChI is InChI=1S/C67H112O6/c1-4-7-10-13-16-19-22-25-28-31-34-37-39-42-45-48-51-54-57-60-66(69)72-63-64(73-67(70)61-58-55-52-49-46-43-40-36-33-30-27-24-21-18-15-12-9-6-3)62-71-65(68)59-56-53-50-47-44-41-38-35-32-29-26-23-20-17-14-11-8-5-2/h16,18-19,21-27,29-30,32-33,35-36,38,40,64H,4-15,17,20,28,31,34,37,39,41-63H2,1-3H3/b19-16-,21-18-,25-22-,26-23-,27-24-,32-29-,33-30-,38-35-,40-36-. The summed E-state index contributed by atoms with van der Waals surface area (Å²) in [6, 6.07) is 0. The Kier molecular flexibility index (Phi) is 57.4. The molecule has 0 heterocycles. The Bertz CT molecular complexity index is 1490. The number of esters is 3. The van der Waals surface area contributed by atoms with Crippen molar-refractivity contribution in [2.24, 2.45) is 0 Å². The first kappa shape index (κ1) is 69.1. The Morgan fingerprint density at radius 1 is 0.274 bits per heavy atom. The lowest BCUT2D eigenvalue weighted by Crippen LogP contribution is -2.30. The fourth-order valence-electron chi connectivity index (χ4n) is 8.27. The number of hydrogen-bond donors (Lipinski definition) is 0. The number of ether oxygens (including phenoxy) is 3. The Hall–Kier alpha value is -3.93. The first-order valence-corrected chi connectivity index (χ1v) is 30.5. The van der Waals surface area contributed by atoms with Gasteiger partial charge >= 0.3 is 17.9 Å². The molecule has 0 aromatic carbocycles. The summed E-state index contributed by atoms with van der Waals surface area (Å²) in [5.74, 6) is -0.940. The van der Waals surface area contributed by atoms with E-state index < -0.39 is 6.10 Å². The minimum atomic E-state index is -0.804. The number of carbonyl (C=O) groups excluding carboxylic acids is 3. The molecule has 0 saturated carbocycles. The van der Waals surface area contributed by atoms with Gasteiger partial charge in [-0.3, -0.25) is 14.4 Å². The Labute approximate surface area is 450 Å². The highest BCUT2D eigenvalue weighted by Gasteiger charge is 2.19. The molecule has 0 bridgehead atoms. The smallest absolute Gasteiger partial charge is 0.306 e. The summed E-state index contributed by atoms with van der Waals surface area (Å²) < 4.78 is 16.9. The third kappa shape index (κ3) is 58.8. The van der Waals surface area contributed by atoms with Crippen molar-refractivity contribution in [1.82, 2.24) is 0 Å². The van der Waals surface area contributed by atoms with Gasteiger partial charge in [-0.1, -0.05) is 271 Å². The Morgan fingerprint density at radius 3 is 0.808 bits per heavy atom. The summed E-state index contributed by atoms with van der Waals surface area (Å²) in [5, 5.41) is 0. The third-order valence-electron chi connectivity index (χ3n) is 12.9. The summed E-state index contributed by atoms with van der Waals surface area (Å²) in [4.78, 5) is 38.3. The lowest BCUT2D eigenvalue weighted by atomic mass is 10.1. The van der Waals surface area contributed by atoms with Gasteiger partial charge in [-0.2, -0.15) is 0 Å². The summed E-state index contributed by atoms with van der Waals surface area (Å²) in [6.07, 6.45) is 82.1. The van der Waals surface area contributed by atoms with Gasteiger partial charge in [0, 0.05) is 19.3 Å². The van der Waals surface area contributed by atoms with Gasteiger partial charge in [0.25, 0.3) is 0 Å². The Morgan fingerprint density at radius 2 is 0.493 bits per heavy atom. The van der Waals surface area contributed by atoms with Crippen molar-refractivity contribution >= 4 is 17.9 Å².